The zero-order chi connectivity index (χ0) is 45.3. The number of Topliss-reactive ketones (excluding diaryl/α,β-unsaturated/α-hetero) is 1. The Hall–Kier alpha value is -5.23. The predicted octanol–water partition coefficient (Wildman–Crippen LogP) is 8.61. The van der Waals surface area contributed by atoms with Crippen molar-refractivity contribution in [1.29, 1.82) is 0 Å². The van der Waals surface area contributed by atoms with Gasteiger partial charge in [0.2, 0.25) is 5.91 Å². The van der Waals surface area contributed by atoms with Crippen LogP contribution in [-0.4, -0.2) is 76.5 Å². The first-order valence-corrected chi connectivity index (χ1v) is 26.7. The van der Waals surface area contributed by atoms with Crippen LogP contribution in [0.15, 0.2) is 141 Å². The molecule has 0 radical (unpaired) electrons. The van der Waals surface area contributed by atoms with E-state index in [0.717, 1.165) is 26.3 Å². The minimum Gasteiger partial charge on any atom is -0.457 e. The van der Waals surface area contributed by atoms with Crippen molar-refractivity contribution in [3.63, 3.8) is 0 Å². The summed E-state index contributed by atoms with van der Waals surface area (Å²) in [6, 6.07) is 32.6. The first-order chi connectivity index (χ1) is 30.0. The smallest absolute Gasteiger partial charge is 0.356 e. The van der Waals surface area contributed by atoms with E-state index in [0.29, 0.717) is 10.6 Å². The van der Waals surface area contributed by atoms with Crippen molar-refractivity contribution in [3.05, 3.63) is 157 Å². The molecular weight excluding hydrogens is 844 g/mol. The Morgan fingerprint density at radius 3 is 1.97 bits per heavy atom. The van der Waals surface area contributed by atoms with E-state index in [2.05, 4.69) is 45.4 Å². The molecule has 1 aliphatic heterocycles. The highest BCUT2D eigenvalue weighted by molar-refractivity contribution is 7.96. The van der Waals surface area contributed by atoms with Gasteiger partial charge in [0.25, 0.3) is 0 Å². The number of esters is 1. The van der Waals surface area contributed by atoms with Gasteiger partial charge in [-0.15, -0.1) is 11.3 Å². The zero-order valence-corrected chi connectivity index (χ0v) is 40.2. The third-order valence-corrected chi connectivity index (χ3v) is 22.9. The number of β-lactam (4-membered cyclic amide) rings is 1. The van der Waals surface area contributed by atoms with Gasteiger partial charge in [0.1, 0.15) is 34.5 Å². The first-order valence-electron chi connectivity index (χ1n) is 21.2. The van der Waals surface area contributed by atoms with Crippen molar-refractivity contribution in [2.45, 2.75) is 77.4 Å². The molecule has 63 heavy (non-hydrogen) atoms. The van der Waals surface area contributed by atoms with Crippen LogP contribution in [0.4, 0.5) is 0 Å². The van der Waals surface area contributed by atoms with E-state index in [1.807, 2.05) is 128 Å². The summed E-state index contributed by atoms with van der Waals surface area (Å²) in [5, 5.41) is 2.42. The van der Waals surface area contributed by atoms with Crippen LogP contribution in [0.25, 0.3) is 4.83 Å². The summed E-state index contributed by atoms with van der Waals surface area (Å²) < 4.78 is 21.0. The summed E-state index contributed by atoms with van der Waals surface area (Å²) in [5.41, 5.74) is 0.719. The van der Waals surface area contributed by atoms with E-state index in [-0.39, 0.29) is 28.8 Å². The maximum absolute atomic E-state index is 15.5. The molecule has 0 bridgehead atoms. The SMILES string of the molecule is C=CCOC(=O)C(N1C(=O)[C@H]([C@@H](C)O[Si](C)(C)C(C)(C)C)[C@H]1[C@@H](C)C(=O)c1cn2cnc(C(C)(OC)c3cccnc3)c2s1)=P(c1ccccc1)(c1ccccc1)c1ccccc1. The molecule has 6 aromatic rings. The molecule has 13 heteroatoms. The normalized spacial score (nSPS) is 17.7. The highest BCUT2D eigenvalue weighted by Gasteiger charge is 2.59. The monoisotopic (exact) mass is 900 g/mol. The van der Waals surface area contributed by atoms with Gasteiger partial charge in [-0.25, -0.2) is 9.78 Å². The van der Waals surface area contributed by atoms with Crippen molar-refractivity contribution in [3.8, 4) is 0 Å². The summed E-state index contributed by atoms with van der Waals surface area (Å²) >= 11 is 1.32. The van der Waals surface area contributed by atoms with Crippen molar-refractivity contribution in [2.24, 2.45) is 11.8 Å². The van der Waals surface area contributed by atoms with Gasteiger partial charge in [-0.05, 0) is 54.0 Å². The predicted molar refractivity (Wildman–Crippen MR) is 257 cm³/mol. The molecule has 10 nitrogen and oxygen atoms in total. The number of hydrogen-bond donors (Lipinski definition) is 0. The number of pyridine rings is 1. The molecule has 7 rings (SSSR count). The van der Waals surface area contributed by atoms with Crippen molar-refractivity contribution in [2.75, 3.05) is 13.7 Å². The quantitative estimate of drug-likeness (QED) is 0.0237. The number of ketones is 1. The molecule has 0 N–H and O–H groups in total. The van der Waals surface area contributed by atoms with E-state index in [9.17, 15) is 0 Å². The molecule has 0 saturated carbocycles. The fourth-order valence-electron chi connectivity index (χ4n) is 8.49. The number of nitrogens with zero attached hydrogens (tertiary/aromatic N) is 4. The van der Waals surface area contributed by atoms with Gasteiger partial charge in [-0.1, -0.05) is 137 Å². The molecule has 328 valence electrons. The van der Waals surface area contributed by atoms with Gasteiger partial charge in [0.05, 0.1) is 22.9 Å². The number of carbonyl (C=O) groups is 3. The van der Waals surface area contributed by atoms with E-state index >= 15 is 14.4 Å². The first kappa shape index (κ1) is 45.8. The van der Waals surface area contributed by atoms with E-state index in [1.165, 1.54) is 17.4 Å². The van der Waals surface area contributed by atoms with Crippen molar-refractivity contribution < 1.29 is 28.3 Å². The molecular formula is C50H57N4O6PSSi. The van der Waals surface area contributed by atoms with Gasteiger partial charge in [-0.3, -0.25) is 19.0 Å². The second-order valence-electron chi connectivity index (χ2n) is 17.7. The standard InChI is InChI=1S/C50H57N4O6PSSi/c1-11-30-59-48(57)46(61(37-23-15-12-16-24-37,38-25-17-13-18-26-38)39-27-19-14-20-28-39)54-42(41(45(54)56)35(3)60-63(9,10)49(4,5)6)34(2)43(55)40-32-53-33-52-44(47(53)62-40)50(7,58-8)36-22-21-29-51-31-36/h11-29,31-35,41-42H,1,30H2,2-10H3/t34-,35-,41-,42-,50?/m1/s1. The highest BCUT2D eigenvalue weighted by Crippen LogP contribution is 2.51. The Morgan fingerprint density at radius 1 is 0.905 bits per heavy atom. The van der Waals surface area contributed by atoms with Crippen LogP contribution in [0, 0.1) is 11.8 Å². The minimum absolute atomic E-state index is 0.0754. The van der Waals surface area contributed by atoms with Crippen LogP contribution in [-0.2, 0) is 29.1 Å². The lowest BCUT2D eigenvalue weighted by Gasteiger charge is -2.54. The van der Waals surface area contributed by atoms with E-state index in [1.54, 1.807) is 36.9 Å². The fraction of sp³-hybridized carbons (Fsp3) is 0.320. The molecule has 1 aliphatic rings. The fourth-order valence-corrected chi connectivity index (χ4v) is 15.5. The Labute approximate surface area is 376 Å². The number of thiazole rings is 1. The Morgan fingerprint density at radius 2 is 1.48 bits per heavy atom. The number of aromatic nitrogens is 3. The second-order valence-corrected chi connectivity index (χ2v) is 26.8. The van der Waals surface area contributed by atoms with Gasteiger partial charge < -0.3 is 18.8 Å². The summed E-state index contributed by atoms with van der Waals surface area (Å²) in [4.78, 5) is 57.9. The Kier molecular flexibility index (Phi) is 13.2. The molecule has 3 aromatic carbocycles. The van der Waals surface area contributed by atoms with Crippen molar-refractivity contribution >= 4 is 70.4 Å². The molecule has 0 aliphatic carbocycles. The van der Waals surface area contributed by atoms with Crippen LogP contribution >= 0.6 is 18.2 Å². The number of fused-ring (bicyclic) bond motifs is 1. The molecule has 5 atom stereocenters. The summed E-state index contributed by atoms with van der Waals surface area (Å²) in [7, 11) is -0.802. The summed E-state index contributed by atoms with van der Waals surface area (Å²) in [6.07, 6.45) is 7.89. The zero-order valence-electron chi connectivity index (χ0n) is 37.5. The topological polar surface area (TPSA) is 112 Å². The highest BCUT2D eigenvalue weighted by atomic mass is 32.1. The number of imidazole rings is 1. The van der Waals surface area contributed by atoms with Gasteiger partial charge in [-0.2, -0.15) is 0 Å². The van der Waals surface area contributed by atoms with Gasteiger partial charge in [0, 0.05) is 44.1 Å². The van der Waals surface area contributed by atoms with Crippen molar-refractivity contribution in [1.82, 2.24) is 19.3 Å². The minimum atomic E-state index is -3.25. The Bertz CT molecular complexity index is 2560. The van der Waals surface area contributed by atoms with Crippen LogP contribution in [0.3, 0.4) is 0 Å². The Balaban J connectivity index is 1.47. The molecule has 1 amide bonds. The average molecular weight is 901 g/mol. The second kappa shape index (κ2) is 18.1. The lowest BCUT2D eigenvalue weighted by Crippen LogP contribution is -2.71. The lowest BCUT2D eigenvalue weighted by atomic mass is 9.75. The number of benzene rings is 3. The number of likely N-dealkylation sites (tertiary alicyclic amines) is 1. The van der Waals surface area contributed by atoms with Crippen LogP contribution in [0.2, 0.25) is 18.1 Å². The molecule has 1 fully saturated rings. The number of carbonyl (C=O) groups excluding carboxylic acids is 3. The summed E-state index contributed by atoms with van der Waals surface area (Å²) in [5.74, 6) is -2.66. The van der Waals surface area contributed by atoms with E-state index < -0.39 is 50.8 Å². The summed E-state index contributed by atoms with van der Waals surface area (Å²) in [6.45, 7) is 17.1. The average Bonchev–Trinajstić information content (AvgIpc) is 3.89. The third-order valence-electron chi connectivity index (χ3n) is 12.9. The van der Waals surface area contributed by atoms with Crippen LogP contribution < -0.4 is 15.9 Å². The molecule has 1 unspecified atom stereocenters. The number of hydrogen-bond acceptors (Lipinski definition) is 9. The third kappa shape index (κ3) is 8.12. The number of ether oxygens (including phenoxy) is 2. The lowest BCUT2D eigenvalue weighted by molar-refractivity contribution is -0.158. The van der Waals surface area contributed by atoms with Crippen LogP contribution in [0.5, 0.6) is 0 Å². The molecule has 1 saturated heterocycles. The van der Waals surface area contributed by atoms with Gasteiger partial charge in [0.15, 0.2) is 14.1 Å². The maximum atomic E-state index is 15.5. The largest absolute Gasteiger partial charge is 0.457 e. The van der Waals surface area contributed by atoms with Crippen LogP contribution in [0.1, 0.15) is 62.5 Å². The number of methoxy groups -OCH3 is 1. The molecule has 3 aromatic heterocycles. The number of rotatable bonds is 16. The number of amides is 1. The van der Waals surface area contributed by atoms with E-state index in [4.69, 9.17) is 18.9 Å². The van der Waals surface area contributed by atoms with Gasteiger partial charge >= 0.3 is 5.97 Å². The molecule has 4 heterocycles. The molecule has 0 spiro atoms. The maximum Gasteiger partial charge on any atom is 0.356 e.